The van der Waals surface area contributed by atoms with Crippen molar-refractivity contribution in [3.05, 3.63) is 63.0 Å². The van der Waals surface area contributed by atoms with Gasteiger partial charge in [-0.05, 0) is 30.7 Å². The maximum absolute atomic E-state index is 12.3. The number of carbonyl (C=O) groups is 2. The number of hydrogen-bond acceptors (Lipinski definition) is 3. The molecule has 0 aliphatic rings. The van der Waals surface area contributed by atoms with Crippen LogP contribution in [0.2, 0.25) is 10.0 Å². The van der Waals surface area contributed by atoms with Crippen LogP contribution >= 0.6 is 34.5 Å². The molecule has 0 saturated heterocycles. The van der Waals surface area contributed by atoms with Crippen molar-refractivity contribution in [2.24, 2.45) is 0 Å². The van der Waals surface area contributed by atoms with Gasteiger partial charge in [0.2, 0.25) is 5.91 Å². The minimum Gasteiger partial charge on any atom is -0.342 e. The van der Waals surface area contributed by atoms with Gasteiger partial charge in [-0.1, -0.05) is 47.5 Å². The van der Waals surface area contributed by atoms with Gasteiger partial charge in [0.1, 0.15) is 4.88 Å². The zero-order valence-corrected chi connectivity index (χ0v) is 15.6. The van der Waals surface area contributed by atoms with Gasteiger partial charge >= 0.3 is 0 Å². The van der Waals surface area contributed by atoms with E-state index >= 15 is 0 Å². The molecule has 25 heavy (non-hydrogen) atoms. The number of fused-ring (bicyclic) bond motifs is 1. The van der Waals surface area contributed by atoms with Crippen LogP contribution in [-0.4, -0.2) is 18.4 Å². The van der Waals surface area contributed by atoms with Crippen molar-refractivity contribution in [3.63, 3.8) is 0 Å². The molecule has 3 rings (SSSR count). The van der Waals surface area contributed by atoms with Crippen LogP contribution < -0.4 is 10.6 Å². The molecular weight excluding hydrogens is 379 g/mol. The van der Waals surface area contributed by atoms with E-state index < -0.39 is 0 Å². The lowest BCUT2D eigenvalue weighted by Crippen LogP contribution is -2.32. The van der Waals surface area contributed by atoms with E-state index in [1.807, 2.05) is 31.2 Å². The first-order valence-electron chi connectivity index (χ1n) is 7.47. The summed E-state index contributed by atoms with van der Waals surface area (Å²) in [6, 6.07) is 12.8. The van der Waals surface area contributed by atoms with Crippen LogP contribution in [0.3, 0.4) is 0 Å². The van der Waals surface area contributed by atoms with Gasteiger partial charge in [0.25, 0.3) is 5.91 Å². The second-order valence-electron chi connectivity index (χ2n) is 5.38. The molecule has 1 heterocycles. The van der Waals surface area contributed by atoms with Crippen LogP contribution in [-0.2, 0) is 4.79 Å². The van der Waals surface area contributed by atoms with Gasteiger partial charge in [0.05, 0.1) is 11.6 Å². The summed E-state index contributed by atoms with van der Waals surface area (Å²) in [5.74, 6) is -0.708. The van der Waals surface area contributed by atoms with E-state index in [2.05, 4.69) is 10.6 Å². The maximum atomic E-state index is 12.3. The molecule has 2 amide bonds. The molecule has 0 saturated carbocycles. The largest absolute Gasteiger partial charge is 0.342 e. The number of anilines is 1. The lowest BCUT2D eigenvalue weighted by Gasteiger charge is -2.10. The second-order valence-corrected chi connectivity index (χ2v) is 7.22. The molecule has 0 unspecified atom stereocenters. The van der Waals surface area contributed by atoms with Crippen molar-refractivity contribution in [1.29, 1.82) is 0 Å². The topological polar surface area (TPSA) is 58.2 Å². The number of benzene rings is 2. The molecule has 0 radical (unpaired) electrons. The average molecular weight is 393 g/mol. The Morgan fingerprint density at radius 2 is 1.84 bits per heavy atom. The van der Waals surface area contributed by atoms with Crippen LogP contribution in [0.15, 0.2) is 42.5 Å². The van der Waals surface area contributed by atoms with E-state index in [9.17, 15) is 9.59 Å². The summed E-state index contributed by atoms with van der Waals surface area (Å²) >= 11 is 13.6. The van der Waals surface area contributed by atoms with E-state index in [0.717, 1.165) is 15.6 Å². The summed E-state index contributed by atoms with van der Waals surface area (Å²) in [6.07, 6.45) is 0. The first-order chi connectivity index (χ1) is 12.0. The normalized spacial score (nSPS) is 10.7. The predicted octanol–water partition coefficient (Wildman–Crippen LogP) is 4.89. The Hall–Kier alpha value is -2.08. The van der Waals surface area contributed by atoms with Crippen LogP contribution in [0.1, 0.15) is 15.2 Å². The van der Waals surface area contributed by atoms with Gasteiger partial charge in [-0.25, -0.2) is 0 Å². The Morgan fingerprint density at radius 1 is 1.08 bits per heavy atom. The van der Waals surface area contributed by atoms with Gasteiger partial charge in [0, 0.05) is 20.8 Å². The predicted molar refractivity (Wildman–Crippen MR) is 104 cm³/mol. The standard InChI is InChI=1S/C18H14Cl2N2O2S/c1-10-12(19)6-4-7-13(10)22-15(23)9-21-18(24)17-16(20)11-5-2-3-8-14(11)25-17/h2-8H,9H2,1H3,(H,21,24)(H,22,23). The smallest absolute Gasteiger partial charge is 0.263 e. The van der Waals surface area contributed by atoms with Gasteiger partial charge < -0.3 is 10.6 Å². The molecular formula is C18H14Cl2N2O2S. The van der Waals surface area contributed by atoms with Crippen molar-refractivity contribution < 1.29 is 9.59 Å². The monoisotopic (exact) mass is 392 g/mol. The van der Waals surface area contributed by atoms with E-state index in [4.69, 9.17) is 23.2 Å². The number of carbonyl (C=O) groups excluding carboxylic acids is 2. The van der Waals surface area contributed by atoms with Crippen molar-refractivity contribution in [3.8, 4) is 0 Å². The summed E-state index contributed by atoms with van der Waals surface area (Å²) in [5, 5.41) is 7.14. The maximum Gasteiger partial charge on any atom is 0.263 e. The summed E-state index contributed by atoms with van der Waals surface area (Å²) < 4.78 is 0.927. The molecule has 1 aromatic heterocycles. The zero-order chi connectivity index (χ0) is 18.0. The molecule has 2 N–H and O–H groups in total. The first-order valence-corrected chi connectivity index (χ1v) is 9.05. The molecule has 7 heteroatoms. The molecule has 0 aliphatic carbocycles. The van der Waals surface area contributed by atoms with Gasteiger partial charge in [-0.15, -0.1) is 11.3 Å². The van der Waals surface area contributed by atoms with Crippen molar-refractivity contribution in [2.45, 2.75) is 6.92 Å². The molecule has 0 atom stereocenters. The second kappa shape index (κ2) is 7.44. The van der Waals surface area contributed by atoms with Crippen molar-refractivity contribution >= 4 is 62.1 Å². The highest BCUT2D eigenvalue weighted by molar-refractivity contribution is 7.21. The average Bonchev–Trinajstić information content (AvgIpc) is 2.94. The fourth-order valence-corrected chi connectivity index (χ4v) is 3.95. The van der Waals surface area contributed by atoms with Gasteiger partial charge in [-0.3, -0.25) is 9.59 Å². The number of amides is 2. The molecule has 2 aromatic carbocycles. The summed E-state index contributed by atoms with van der Waals surface area (Å²) in [4.78, 5) is 24.8. The van der Waals surface area contributed by atoms with E-state index in [-0.39, 0.29) is 18.4 Å². The third-order valence-corrected chi connectivity index (χ3v) is 5.78. The third kappa shape index (κ3) is 3.79. The number of nitrogens with one attached hydrogen (secondary N) is 2. The fraction of sp³-hybridized carbons (Fsp3) is 0.111. The molecule has 0 fully saturated rings. The molecule has 128 valence electrons. The Balaban J connectivity index is 1.66. The SMILES string of the molecule is Cc1c(Cl)cccc1NC(=O)CNC(=O)c1sc2ccccc2c1Cl. The van der Waals surface area contributed by atoms with E-state index in [0.29, 0.717) is 20.6 Å². The van der Waals surface area contributed by atoms with Crippen LogP contribution in [0.25, 0.3) is 10.1 Å². The highest BCUT2D eigenvalue weighted by atomic mass is 35.5. The molecule has 0 bridgehead atoms. The van der Waals surface area contributed by atoms with Crippen LogP contribution in [0.5, 0.6) is 0 Å². The highest BCUT2D eigenvalue weighted by Crippen LogP contribution is 2.34. The van der Waals surface area contributed by atoms with Crippen LogP contribution in [0.4, 0.5) is 5.69 Å². The number of hydrogen-bond donors (Lipinski definition) is 2. The van der Waals surface area contributed by atoms with E-state index in [1.54, 1.807) is 18.2 Å². The lowest BCUT2D eigenvalue weighted by atomic mass is 10.2. The zero-order valence-electron chi connectivity index (χ0n) is 13.2. The number of halogens is 2. The molecule has 0 spiro atoms. The van der Waals surface area contributed by atoms with Gasteiger partial charge in [0.15, 0.2) is 0 Å². The minimum absolute atomic E-state index is 0.157. The first kappa shape index (κ1) is 17.7. The summed E-state index contributed by atoms with van der Waals surface area (Å²) in [5.41, 5.74) is 1.39. The lowest BCUT2D eigenvalue weighted by molar-refractivity contribution is -0.115. The number of rotatable bonds is 4. The molecule has 0 aliphatic heterocycles. The quantitative estimate of drug-likeness (QED) is 0.664. The minimum atomic E-state index is -0.371. The molecule has 3 aromatic rings. The fourth-order valence-electron chi connectivity index (χ4n) is 2.34. The van der Waals surface area contributed by atoms with Crippen molar-refractivity contribution in [1.82, 2.24) is 5.32 Å². The Kier molecular flexibility index (Phi) is 5.27. The van der Waals surface area contributed by atoms with Crippen LogP contribution in [0, 0.1) is 6.92 Å². The summed E-state index contributed by atoms with van der Waals surface area (Å²) in [6.45, 7) is 1.66. The Morgan fingerprint density at radius 3 is 2.60 bits per heavy atom. The van der Waals surface area contributed by atoms with Gasteiger partial charge in [-0.2, -0.15) is 0 Å². The Labute approximate surface area is 158 Å². The number of thiophene rings is 1. The molecule has 4 nitrogen and oxygen atoms in total. The van der Waals surface area contributed by atoms with E-state index in [1.165, 1.54) is 11.3 Å². The highest BCUT2D eigenvalue weighted by Gasteiger charge is 2.17. The Bertz CT molecular complexity index is 969. The summed E-state index contributed by atoms with van der Waals surface area (Å²) in [7, 11) is 0. The van der Waals surface area contributed by atoms with Crippen molar-refractivity contribution in [2.75, 3.05) is 11.9 Å². The third-order valence-electron chi connectivity index (χ3n) is 3.69.